The first-order valence-corrected chi connectivity index (χ1v) is 8.65. The van der Waals surface area contributed by atoms with Crippen molar-refractivity contribution in [2.75, 3.05) is 6.54 Å². The maximum absolute atomic E-state index is 12.7. The Kier molecular flexibility index (Phi) is 5.40. The summed E-state index contributed by atoms with van der Waals surface area (Å²) in [7, 11) is 0. The van der Waals surface area contributed by atoms with E-state index in [9.17, 15) is 9.59 Å². The van der Waals surface area contributed by atoms with Crippen molar-refractivity contribution in [2.45, 2.75) is 31.6 Å². The zero-order valence-corrected chi connectivity index (χ0v) is 14.5. The molecule has 1 aromatic carbocycles. The van der Waals surface area contributed by atoms with Gasteiger partial charge < -0.3 is 21.3 Å². The first kappa shape index (κ1) is 17.5. The van der Waals surface area contributed by atoms with Crippen LogP contribution in [0.25, 0.3) is 0 Å². The number of nitrogens with two attached hydrogens (primary N) is 1. The van der Waals surface area contributed by atoms with E-state index in [0.29, 0.717) is 30.1 Å². The Morgan fingerprint density at radius 1 is 1.32 bits per heavy atom. The molecular formula is C18H21ClN4O2. The van der Waals surface area contributed by atoms with E-state index >= 15 is 0 Å². The molecule has 1 unspecified atom stereocenters. The summed E-state index contributed by atoms with van der Waals surface area (Å²) in [5.41, 5.74) is 7.26. The van der Waals surface area contributed by atoms with E-state index in [0.717, 1.165) is 12.0 Å². The molecule has 0 radical (unpaired) electrons. The maximum atomic E-state index is 12.7. The summed E-state index contributed by atoms with van der Waals surface area (Å²) < 4.78 is 0. The van der Waals surface area contributed by atoms with Gasteiger partial charge in [-0.3, -0.25) is 9.59 Å². The lowest BCUT2D eigenvalue weighted by atomic mass is 10.1. The molecule has 0 aromatic heterocycles. The zero-order chi connectivity index (χ0) is 17.8. The molecule has 1 fully saturated rings. The number of rotatable bonds is 4. The molecule has 1 saturated heterocycles. The quantitative estimate of drug-likeness (QED) is 0.754. The van der Waals surface area contributed by atoms with Gasteiger partial charge in [0.25, 0.3) is 5.91 Å². The molecule has 7 heteroatoms. The average molecular weight is 361 g/mol. The molecule has 2 aliphatic rings. The summed E-state index contributed by atoms with van der Waals surface area (Å²) in [4.78, 5) is 26.9. The zero-order valence-electron chi connectivity index (χ0n) is 13.7. The second kappa shape index (κ2) is 7.72. The van der Waals surface area contributed by atoms with E-state index in [4.69, 9.17) is 17.3 Å². The molecule has 0 saturated carbocycles. The van der Waals surface area contributed by atoms with Crippen molar-refractivity contribution in [1.82, 2.24) is 15.5 Å². The van der Waals surface area contributed by atoms with Crippen LogP contribution in [0.4, 0.5) is 0 Å². The van der Waals surface area contributed by atoms with E-state index < -0.39 is 6.04 Å². The van der Waals surface area contributed by atoms with Gasteiger partial charge in [-0.05, 0) is 48.9 Å². The predicted octanol–water partition coefficient (Wildman–Crippen LogP) is 1.28. The van der Waals surface area contributed by atoms with Gasteiger partial charge in [0, 0.05) is 23.7 Å². The normalized spacial score (nSPS) is 22.3. The minimum absolute atomic E-state index is 0.136. The molecule has 6 nitrogen and oxygen atoms in total. The van der Waals surface area contributed by atoms with Crippen molar-refractivity contribution in [1.29, 1.82) is 0 Å². The molecule has 0 spiro atoms. The molecule has 25 heavy (non-hydrogen) atoms. The Morgan fingerprint density at radius 3 is 2.80 bits per heavy atom. The number of benzene rings is 1. The summed E-state index contributed by atoms with van der Waals surface area (Å²) in [5.74, 6) is -0.291. The third kappa shape index (κ3) is 4.21. The number of nitrogens with zero attached hydrogens (tertiary/aromatic N) is 1. The Labute approximate surface area is 151 Å². The standard InChI is InChI=1S/C18H21ClN4O2/c19-14-5-3-12(4-6-14)11-22-17(24)15-2-1-9-23(15)18(25)13-7-8-21-16(20)10-13/h3-8,10,15-16,21H,1-2,9,11,20H2,(H,22,24)/t15-,16?/m0/s1. The summed E-state index contributed by atoms with van der Waals surface area (Å²) in [6.45, 7) is 0.984. The number of hydrogen-bond donors (Lipinski definition) is 3. The van der Waals surface area contributed by atoms with Gasteiger partial charge in [-0.2, -0.15) is 0 Å². The molecule has 3 rings (SSSR count). The van der Waals surface area contributed by atoms with Crippen molar-refractivity contribution in [3.63, 3.8) is 0 Å². The Balaban J connectivity index is 1.62. The highest BCUT2D eigenvalue weighted by Gasteiger charge is 2.35. The molecule has 0 bridgehead atoms. The van der Waals surface area contributed by atoms with Crippen LogP contribution in [0.2, 0.25) is 5.02 Å². The molecule has 4 N–H and O–H groups in total. The molecule has 2 atom stereocenters. The van der Waals surface area contributed by atoms with Gasteiger partial charge in [0.1, 0.15) is 6.04 Å². The van der Waals surface area contributed by atoms with Crippen LogP contribution >= 0.6 is 11.6 Å². The van der Waals surface area contributed by atoms with Crippen LogP contribution in [0, 0.1) is 0 Å². The first-order valence-electron chi connectivity index (χ1n) is 8.28. The average Bonchev–Trinajstić information content (AvgIpc) is 3.10. The van der Waals surface area contributed by atoms with Crippen molar-refractivity contribution < 1.29 is 9.59 Å². The Morgan fingerprint density at radius 2 is 2.08 bits per heavy atom. The minimum Gasteiger partial charge on any atom is -0.373 e. The van der Waals surface area contributed by atoms with E-state index in [-0.39, 0.29) is 18.0 Å². The lowest BCUT2D eigenvalue weighted by Crippen LogP contribution is -2.46. The van der Waals surface area contributed by atoms with Crippen LogP contribution in [0.3, 0.4) is 0 Å². The highest BCUT2D eigenvalue weighted by molar-refractivity contribution is 6.30. The number of hydrogen-bond acceptors (Lipinski definition) is 4. The number of halogens is 1. The van der Waals surface area contributed by atoms with Gasteiger partial charge in [-0.25, -0.2) is 0 Å². The fourth-order valence-corrected chi connectivity index (χ4v) is 3.17. The Hall–Kier alpha value is -2.31. The van der Waals surface area contributed by atoms with Gasteiger partial charge >= 0.3 is 0 Å². The highest BCUT2D eigenvalue weighted by atomic mass is 35.5. The van der Waals surface area contributed by atoms with Crippen LogP contribution in [0.1, 0.15) is 18.4 Å². The van der Waals surface area contributed by atoms with E-state index in [1.807, 2.05) is 12.1 Å². The maximum Gasteiger partial charge on any atom is 0.254 e. The van der Waals surface area contributed by atoms with E-state index in [1.54, 1.807) is 35.4 Å². The van der Waals surface area contributed by atoms with Gasteiger partial charge in [0.2, 0.25) is 5.91 Å². The molecule has 132 valence electrons. The third-order valence-electron chi connectivity index (χ3n) is 4.35. The smallest absolute Gasteiger partial charge is 0.254 e. The van der Waals surface area contributed by atoms with Crippen molar-refractivity contribution >= 4 is 23.4 Å². The van der Waals surface area contributed by atoms with Crippen LogP contribution in [0.5, 0.6) is 0 Å². The van der Waals surface area contributed by atoms with Gasteiger partial charge in [0.15, 0.2) is 0 Å². The summed E-state index contributed by atoms with van der Waals surface area (Å²) in [6, 6.07) is 6.86. The number of likely N-dealkylation sites (tertiary alicyclic amines) is 1. The van der Waals surface area contributed by atoms with E-state index in [1.165, 1.54) is 0 Å². The fraction of sp³-hybridized carbons (Fsp3) is 0.333. The monoisotopic (exact) mass is 360 g/mol. The SMILES string of the molecule is NC1C=C(C(=O)N2CCC[C@H]2C(=O)NCc2ccc(Cl)cc2)C=CN1. The number of nitrogens with one attached hydrogen (secondary N) is 2. The predicted molar refractivity (Wildman–Crippen MR) is 96.4 cm³/mol. The number of amides is 2. The minimum atomic E-state index is -0.444. The van der Waals surface area contributed by atoms with Gasteiger partial charge in [0.05, 0.1) is 6.17 Å². The molecular weight excluding hydrogens is 340 g/mol. The van der Waals surface area contributed by atoms with Gasteiger partial charge in [-0.15, -0.1) is 0 Å². The summed E-state index contributed by atoms with van der Waals surface area (Å²) >= 11 is 5.86. The van der Waals surface area contributed by atoms with Crippen molar-refractivity contribution in [3.05, 3.63) is 58.8 Å². The van der Waals surface area contributed by atoms with Crippen molar-refractivity contribution in [2.24, 2.45) is 5.73 Å². The largest absolute Gasteiger partial charge is 0.373 e. The van der Waals surface area contributed by atoms with Crippen LogP contribution in [0.15, 0.2) is 48.2 Å². The topological polar surface area (TPSA) is 87.5 Å². The second-order valence-corrected chi connectivity index (χ2v) is 6.59. The van der Waals surface area contributed by atoms with Crippen LogP contribution < -0.4 is 16.4 Å². The second-order valence-electron chi connectivity index (χ2n) is 6.15. The molecule has 2 heterocycles. The number of dihydropyridines is 1. The lowest BCUT2D eigenvalue weighted by Gasteiger charge is -2.25. The summed E-state index contributed by atoms with van der Waals surface area (Å²) in [5, 5.41) is 6.46. The molecule has 2 amide bonds. The molecule has 0 aliphatic carbocycles. The first-order chi connectivity index (χ1) is 12.0. The van der Waals surface area contributed by atoms with E-state index in [2.05, 4.69) is 10.6 Å². The fourth-order valence-electron chi connectivity index (χ4n) is 3.05. The lowest BCUT2D eigenvalue weighted by molar-refractivity contribution is -0.135. The number of carbonyl (C=O) groups is 2. The van der Waals surface area contributed by atoms with Crippen molar-refractivity contribution in [3.8, 4) is 0 Å². The van der Waals surface area contributed by atoms with Crippen LogP contribution in [-0.4, -0.2) is 35.5 Å². The highest BCUT2D eigenvalue weighted by Crippen LogP contribution is 2.21. The summed E-state index contributed by atoms with van der Waals surface area (Å²) in [6.07, 6.45) is 6.11. The Bertz CT molecular complexity index is 714. The number of carbonyl (C=O) groups excluding carboxylic acids is 2. The van der Waals surface area contributed by atoms with Crippen LogP contribution in [-0.2, 0) is 16.1 Å². The molecule has 1 aromatic rings. The molecule has 2 aliphatic heterocycles. The third-order valence-corrected chi connectivity index (χ3v) is 4.61. The van der Waals surface area contributed by atoms with Gasteiger partial charge in [-0.1, -0.05) is 23.7 Å².